The Balaban J connectivity index is 2.49. The van der Waals surface area contributed by atoms with Gasteiger partial charge in [0, 0.05) is 4.47 Å². The second-order valence-corrected chi connectivity index (χ2v) is 5.20. The summed E-state index contributed by atoms with van der Waals surface area (Å²) in [4.78, 5) is 0. The summed E-state index contributed by atoms with van der Waals surface area (Å²) in [5, 5.41) is 10.3. The minimum atomic E-state index is -4.40. The molecular weight excluding hydrogens is 297 g/mol. The molecule has 0 saturated heterocycles. The Morgan fingerprint density at radius 1 is 1.18 bits per heavy atom. The summed E-state index contributed by atoms with van der Waals surface area (Å²) in [7, 11) is 0. The molecule has 1 aliphatic carbocycles. The lowest BCUT2D eigenvalue weighted by atomic mass is 9.91. The van der Waals surface area contributed by atoms with E-state index in [1.54, 1.807) is 6.07 Å². The van der Waals surface area contributed by atoms with E-state index in [4.69, 9.17) is 0 Å². The van der Waals surface area contributed by atoms with E-state index in [1.807, 2.05) is 0 Å². The van der Waals surface area contributed by atoms with Gasteiger partial charge in [-0.15, -0.1) is 0 Å². The number of halogens is 4. The third-order valence-corrected chi connectivity index (χ3v) is 4.09. The minimum absolute atomic E-state index is 0.0306. The lowest BCUT2D eigenvalue weighted by Gasteiger charge is -2.25. The average molecular weight is 309 g/mol. The quantitative estimate of drug-likeness (QED) is 0.823. The standard InChI is InChI=1S/C12H12BrF3O/c13-10-8(11(17)6-1-2-7-11)4-3-5-9(10)12(14,15)16/h3-5,17H,1-2,6-7H2. The van der Waals surface area contributed by atoms with Gasteiger partial charge >= 0.3 is 6.18 Å². The van der Waals surface area contributed by atoms with Crippen molar-refractivity contribution in [1.82, 2.24) is 0 Å². The SMILES string of the molecule is OC1(c2cccc(C(F)(F)F)c2Br)CCCC1. The molecule has 1 aromatic carbocycles. The van der Waals surface area contributed by atoms with Crippen molar-refractivity contribution in [1.29, 1.82) is 0 Å². The summed E-state index contributed by atoms with van der Waals surface area (Å²) in [5.41, 5.74) is -1.49. The van der Waals surface area contributed by atoms with Crippen LogP contribution in [0.2, 0.25) is 0 Å². The van der Waals surface area contributed by atoms with Crippen molar-refractivity contribution in [3.05, 3.63) is 33.8 Å². The summed E-state index contributed by atoms with van der Waals surface area (Å²) in [5.74, 6) is 0. The van der Waals surface area contributed by atoms with E-state index >= 15 is 0 Å². The van der Waals surface area contributed by atoms with Crippen molar-refractivity contribution in [3.63, 3.8) is 0 Å². The predicted octanol–water partition coefficient (Wildman–Crippen LogP) is 4.23. The lowest BCUT2D eigenvalue weighted by Crippen LogP contribution is -2.22. The average Bonchev–Trinajstić information content (AvgIpc) is 2.64. The van der Waals surface area contributed by atoms with Crippen LogP contribution in [0.25, 0.3) is 0 Å². The minimum Gasteiger partial charge on any atom is -0.385 e. The molecule has 0 unspecified atom stereocenters. The molecule has 94 valence electrons. The van der Waals surface area contributed by atoms with E-state index in [0.717, 1.165) is 18.9 Å². The molecule has 0 bridgehead atoms. The molecule has 1 aliphatic rings. The Hall–Kier alpha value is -0.550. The van der Waals surface area contributed by atoms with Gasteiger partial charge in [-0.1, -0.05) is 25.0 Å². The van der Waals surface area contributed by atoms with Gasteiger partial charge in [0.1, 0.15) is 0 Å². The van der Waals surface area contributed by atoms with Crippen molar-refractivity contribution in [2.45, 2.75) is 37.5 Å². The second-order valence-electron chi connectivity index (χ2n) is 4.40. The van der Waals surface area contributed by atoms with Crippen LogP contribution >= 0.6 is 15.9 Å². The molecule has 1 nitrogen and oxygen atoms in total. The maximum absolute atomic E-state index is 12.7. The van der Waals surface area contributed by atoms with Gasteiger partial charge in [-0.3, -0.25) is 0 Å². The van der Waals surface area contributed by atoms with Crippen LogP contribution in [0.1, 0.15) is 36.8 Å². The van der Waals surface area contributed by atoms with E-state index in [2.05, 4.69) is 15.9 Å². The summed E-state index contributed by atoms with van der Waals surface area (Å²) >= 11 is 2.98. The molecule has 1 aromatic rings. The second kappa shape index (κ2) is 4.28. The highest BCUT2D eigenvalue weighted by molar-refractivity contribution is 9.10. The van der Waals surface area contributed by atoms with Crippen LogP contribution in [0, 0.1) is 0 Å². The van der Waals surface area contributed by atoms with Gasteiger partial charge in [-0.25, -0.2) is 0 Å². The first-order valence-corrected chi connectivity index (χ1v) is 6.22. The fourth-order valence-electron chi connectivity index (χ4n) is 2.34. The zero-order valence-electron chi connectivity index (χ0n) is 9.02. The van der Waals surface area contributed by atoms with E-state index < -0.39 is 17.3 Å². The molecule has 0 amide bonds. The van der Waals surface area contributed by atoms with Gasteiger partial charge in [-0.05, 0) is 40.4 Å². The van der Waals surface area contributed by atoms with Gasteiger partial charge in [-0.2, -0.15) is 13.2 Å². The summed E-state index contributed by atoms with van der Waals surface area (Å²) in [6.07, 6.45) is -1.66. The number of alkyl halides is 3. The molecule has 1 saturated carbocycles. The lowest BCUT2D eigenvalue weighted by molar-refractivity contribution is -0.138. The van der Waals surface area contributed by atoms with Gasteiger partial charge in [0.05, 0.1) is 11.2 Å². The zero-order valence-corrected chi connectivity index (χ0v) is 10.6. The molecule has 1 fully saturated rings. The molecule has 0 aromatic heterocycles. The van der Waals surface area contributed by atoms with Crippen LogP contribution < -0.4 is 0 Å². The van der Waals surface area contributed by atoms with E-state index in [9.17, 15) is 18.3 Å². The van der Waals surface area contributed by atoms with Crippen LogP contribution in [-0.4, -0.2) is 5.11 Å². The largest absolute Gasteiger partial charge is 0.417 e. The number of benzene rings is 1. The van der Waals surface area contributed by atoms with Crippen molar-refractivity contribution in [2.24, 2.45) is 0 Å². The van der Waals surface area contributed by atoms with Crippen LogP contribution in [0.15, 0.2) is 22.7 Å². The zero-order chi connectivity index (χ0) is 12.7. The maximum Gasteiger partial charge on any atom is 0.417 e. The van der Waals surface area contributed by atoms with Crippen LogP contribution in [0.5, 0.6) is 0 Å². The monoisotopic (exact) mass is 308 g/mol. The first-order valence-electron chi connectivity index (χ1n) is 5.43. The van der Waals surface area contributed by atoms with Crippen molar-refractivity contribution in [3.8, 4) is 0 Å². The summed E-state index contributed by atoms with van der Waals surface area (Å²) in [6.45, 7) is 0. The van der Waals surface area contributed by atoms with E-state index in [-0.39, 0.29) is 4.47 Å². The van der Waals surface area contributed by atoms with E-state index in [1.165, 1.54) is 6.07 Å². The van der Waals surface area contributed by atoms with Gasteiger partial charge in [0.25, 0.3) is 0 Å². The van der Waals surface area contributed by atoms with Crippen LogP contribution in [-0.2, 0) is 11.8 Å². The molecule has 0 heterocycles. The topological polar surface area (TPSA) is 20.2 Å². The first-order chi connectivity index (χ1) is 7.84. The molecular formula is C12H12BrF3O. The molecule has 17 heavy (non-hydrogen) atoms. The number of hydrogen-bond acceptors (Lipinski definition) is 1. The highest BCUT2D eigenvalue weighted by atomic mass is 79.9. The molecule has 2 rings (SSSR count). The third kappa shape index (κ3) is 2.36. The van der Waals surface area contributed by atoms with E-state index in [0.29, 0.717) is 18.4 Å². The Morgan fingerprint density at radius 3 is 2.29 bits per heavy atom. The maximum atomic E-state index is 12.7. The summed E-state index contributed by atoms with van der Waals surface area (Å²) in [6, 6.07) is 3.93. The van der Waals surface area contributed by atoms with Crippen molar-refractivity contribution in [2.75, 3.05) is 0 Å². The molecule has 5 heteroatoms. The van der Waals surface area contributed by atoms with Gasteiger partial charge in [0.2, 0.25) is 0 Å². The Bertz CT molecular complexity index is 422. The fraction of sp³-hybridized carbons (Fsp3) is 0.500. The molecule has 1 N–H and O–H groups in total. The summed E-state index contributed by atoms with van der Waals surface area (Å²) < 4.78 is 38.2. The van der Waals surface area contributed by atoms with Crippen molar-refractivity contribution < 1.29 is 18.3 Å². The smallest absolute Gasteiger partial charge is 0.385 e. The third-order valence-electron chi connectivity index (χ3n) is 3.24. The van der Waals surface area contributed by atoms with Crippen LogP contribution in [0.4, 0.5) is 13.2 Å². The number of aliphatic hydroxyl groups is 1. The molecule has 0 spiro atoms. The van der Waals surface area contributed by atoms with Crippen molar-refractivity contribution >= 4 is 15.9 Å². The Morgan fingerprint density at radius 2 is 1.76 bits per heavy atom. The number of hydrogen-bond donors (Lipinski definition) is 1. The highest BCUT2D eigenvalue weighted by Gasteiger charge is 2.39. The predicted molar refractivity (Wildman–Crippen MR) is 61.5 cm³/mol. The highest BCUT2D eigenvalue weighted by Crippen LogP contribution is 2.45. The molecule has 0 atom stereocenters. The Kier molecular flexibility index (Phi) is 3.25. The Labute approximate surface area is 106 Å². The molecule has 0 aliphatic heterocycles. The van der Waals surface area contributed by atoms with Gasteiger partial charge in [0.15, 0.2) is 0 Å². The van der Waals surface area contributed by atoms with Gasteiger partial charge < -0.3 is 5.11 Å². The fourth-order valence-corrected chi connectivity index (χ4v) is 3.20. The number of rotatable bonds is 1. The first kappa shape index (κ1) is 12.9. The van der Waals surface area contributed by atoms with Crippen LogP contribution in [0.3, 0.4) is 0 Å². The molecule has 0 radical (unpaired) electrons. The normalized spacial score (nSPS) is 19.6.